The van der Waals surface area contributed by atoms with E-state index in [1.54, 1.807) is 18.2 Å². The van der Waals surface area contributed by atoms with Crippen LogP contribution in [0, 0.1) is 12.8 Å². The fourth-order valence-corrected chi connectivity index (χ4v) is 5.15. The highest BCUT2D eigenvalue weighted by atomic mass is 32.2. The predicted octanol–water partition coefficient (Wildman–Crippen LogP) is 2.72. The van der Waals surface area contributed by atoms with Gasteiger partial charge in [-0.1, -0.05) is 24.3 Å². The van der Waals surface area contributed by atoms with E-state index < -0.39 is 10.0 Å². The minimum atomic E-state index is -3.65. The minimum absolute atomic E-state index is 0.0879. The Morgan fingerprint density at radius 2 is 2.00 bits per heavy atom. The highest BCUT2D eigenvalue weighted by molar-refractivity contribution is 7.89. The Hall–Kier alpha value is -1.89. The van der Waals surface area contributed by atoms with Crippen molar-refractivity contribution in [1.82, 2.24) is 4.72 Å². The fraction of sp³-hybridized carbons (Fsp3) is 0.400. The highest BCUT2D eigenvalue weighted by Crippen LogP contribution is 2.40. The molecule has 0 radical (unpaired) electrons. The van der Waals surface area contributed by atoms with Crippen LogP contribution in [0.4, 0.5) is 0 Å². The number of aryl methyl sites for hydroxylation is 1. The Bertz CT molecular complexity index is 919. The summed E-state index contributed by atoms with van der Waals surface area (Å²) in [6.07, 6.45) is 1.71. The van der Waals surface area contributed by atoms with E-state index in [4.69, 9.17) is 4.74 Å². The van der Waals surface area contributed by atoms with Crippen LogP contribution in [0.3, 0.4) is 0 Å². The zero-order valence-electron chi connectivity index (χ0n) is 14.7. The maximum absolute atomic E-state index is 12.9. The van der Waals surface area contributed by atoms with Crippen LogP contribution >= 0.6 is 0 Å². The van der Waals surface area contributed by atoms with Crippen LogP contribution in [0.5, 0.6) is 5.75 Å². The molecule has 2 aromatic carbocycles. The van der Waals surface area contributed by atoms with Gasteiger partial charge in [0, 0.05) is 12.5 Å². The summed E-state index contributed by atoms with van der Waals surface area (Å²) in [6.45, 7) is 2.54. The minimum Gasteiger partial charge on any atom is -0.493 e. The summed E-state index contributed by atoms with van der Waals surface area (Å²) in [4.78, 5) is 0.270. The lowest BCUT2D eigenvalue weighted by atomic mass is 9.75. The van der Waals surface area contributed by atoms with Gasteiger partial charge in [0.15, 0.2) is 0 Å². The average molecular weight is 373 g/mol. The highest BCUT2D eigenvalue weighted by Gasteiger charge is 2.37. The Morgan fingerprint density at radius 3 is 2.73 bits per heavy atom. The van der Waals surface area contributed by atoms with E-state index in [2.05, 4.69) is 4.72 Å². The molecule has 0 unspecified atom stereocenters. The van der Waals surface area contributed by atoms with Gasteiger partial charge in [0.2, 0.25) is 10.0 Å². The molecule has 1 aliphatic heterocycles. The van der Waals surface area contributed by atoms with Gasteiger partial charge in [-0.05, 0) is 60.6 Å². The molecular weight excluding hydrogens is 350 g/mol. The molecule has 6 heteroatoms. The first-order chi connectivity index (χ1) is 12.4. The van der Waals surface area contributed by atoms with E-state index in [0.29, 0.717) is 19.4 Å². The second kappa shape index (κ2) is 6.68. The molecule has 1 atom stereocenters. The summed E-state index contributed by atoms with van der Waals surface area (Å²) in [5, 5.41) is 9.72. The Kier molecular flexibility index (Phi) is 4.50. The summed E-state index contributed by atoms with van der Waals surface area (Å²) < 4.78 is 34.3. The van der Waals surface area contributed by atoms with Gasteiger partial charge in [0.05, 0.1) is 17.6 Å². The molecule has 1 fully saturated rings. The van der Waals surface area contributed by atoms with Crippen LogP contribution in [0.2, 0.25) is 0 Å². The number of sulfonamides is 1. The number of hydrogen-bond donors (Lipinski definition) is 2. The van der Waals surface area contributed by atoms with Gasteiger partial charge in [-0.25, -0.2) is 13.1 Å². The lowest BCUT2D eigenvalue weighted by Gasteiger charge is -2.38. The zero-order valence-corrected chi connectivity index (χ0v) is 15.5. The lowest BCUT2D eigenvalue weighted by molar-refractivity contribution is 0.0280. The molecule has 1 aliphatic carbocycles. The summed E-state index contributed by atoms with van der Waals surface area (Å²) in [5.41, 5.74) is 2.95. The molecule has 0 amide bonds. The molecule has 0 bridgehead atoms. The van der Waals surface area contributed by atoms with Gasteiger partial charge in [-0.15, -0.1) is 0 Å². The maximum atomic E-state index is 12.9. The van der Waals surface area contributed by atoms with Crippen molar-refractivity contribution in [3.05, 3.63) is 59.2 Å². The monoisotopic (exact) mass is 373 g/mol. The number of ether oxygens (including phenoxy) is 1. The number of fused-ring (bicyclic) bond motifs is 1. The molecular formula is C20H23NO4S. The van der Waals surface area contributed by atoms with Crippen LogP contribution < -0.4 is 9.46 Å². The molecule has 0 aromatic heterocycles. The summed E-state index contributed by atoms with van der Waals surface area (Å²) in [5.74, 6) is 0.965. The average Bonchev–Trinajstić information content (AvgIpc) is 3.05. The number of aliphatic hydroxyl groups excluding tert-OH is 1. The van der Waals surface area contributed by atoms with Crippen molar-refractivity contribution in [2.24, 2.45) is 5.92 Å². The third-order valence-electron chi connectivity index (χ3n) is 5.28. The van der Waals surface area contributed by atoms with Gasteiger partial charge in [0.25, 0.3) is 0 Å². The molecule has 0 saturated heterocycles. The molecule has 26 heavy (non-hydrogen) atoms. The van der Waals surface area contributed by atoms with Crippen molar-refractivity contribution in [2.45, 2.75) is 43.2 Å². The standard InChI is InChI=1S/C20H23NO4S/c1-13-3-2-4-18(9-13)26(23,24)21-20(16-11-17(22)12-16)15-5-6-19-14(10-15)7-8-25-19/h2-6,9-10,16-17,20-22H,7-8,11-12H2,1H3/t16?,17?,20-/m1/s1. The predicted molar refractivity (Wildman–Crippen MR) is 98.6 cm³/mol. The van der Waals surface area contributed by atoms with Gasteiger partial charge >= 0.3 is 0 Å². The van der Waals surface area contributed by atoms with E-state index in [0.717, 1.165) is 28.9 Å². The van der Waals surface area contributed by atoms with Crippen molar-refractivity contribution >= 4 is 10.0 Å². The molecule has 4 rings (SSSR count). The SMILES string of the molecule is Cc1cccc(S(=O)(=O)N[C@H](c2ccc3c(c2)CCO3)C2CC(O)C2)c1. The first-order valence-corrected chi connectivity index (χ1v) is 10.4. The van der Waals surface area contributed by atoms with Crippen LogP contribution in [-0.4, -0.2) is 26.2 Å². The second-order valence-electron chi connectivity index (χ2n) is 7.27. The third-order valence-corrected chi connectivity index (χ3v) is 6.71. The number of hydrogen-bond acceptors (Lipinski definition) is 4. The molecule has 1 saturated carbocycles. The topological polar surface area (TPSA) is 75.6 Å². The molecule has 2 aromatic rings. The third kappa shape index (κ3) is 3.37. The molecule has 0 spiro atoms. The van der Waals surface area contributed by atoms with Crippen LogP contribution in [0.1, 0.15) is 35.6 Å². The molecule has 138 valence electrons. The van der Waals surface area contributed by atoms with Gasteiger partial charge < -0.3 is 9.84 Å². The fourth-order valence-electron chi connectivity index (χ4n) is 3.76. The summed E-state index contributed by atoms with van der Waals surface area (Å²) in [7, 11) is -3.65. The first-order valence-electron chi connectivity index (χ1n) is 8.95. The van der Waals surface area contributed by atoms with Gasteiger partial charge in [0.1, 0.15) is 5.75 Å². The molecule has 1 heterocycles. The van der Waals surface area contributed by atoms with E-state index in [1.165, 1.54) is 0 Å². The number of nitrogens with one attached hydrogen (secondary N) is 1. The number of aliphatic hydroxyl groups is 1. The number of benzene rings is 2. The van der Waals surface area contributed by atoms with E-state index in [9.17, 15) is 13.5 Å². The maximum Gasteiger partial charge on any atom is 0.241 e. The van der Waals surface area contributed by atoms with Crippen molar-refractivity contribution in [2.75, 3.05) is 6.61 Å². The van der Waals surface area contributed by atoms with Crippen LogP contribution in [-0.2, 0) is 16.4 Å². The van der Waals surface area contributed by atoms with Gasteiger partial charge in [-0.3, -0.25) is 0 Å². The number of rotatable bonds is 5. The van der Waals surface area contributed by atoms with Crippen molar-refractivity contribution in [3.63, 3.8) is 0 Å². The Balaban J connectivity index is 1.66. The van der Waals surface area contributed by atoms with E-state index in [1.807, 2.05) is 31.2 Å². The normalized spacial score (nSPS) is 23.0. The van der Waals surface area contributed by atoms with Crippen molar-refractivity contribution in [3.8, 4) is 5.75 Å². The summed E-state index contributed by atoms with van der Waals surface area (Å²) in [6, 6.07) is 12.4. The zero-order chi connectivity index (χ0) is 18.3. The Morgan fingerprint density at radius 1 is 1.19 bits per heavy atom. The summed E-state index contributed by atoms with van der Waals surface area (Å²) >= 11 is 0. The van der Waals surface area contributed by atoms with Crippen LogP contribution in [0.25, 0.3) is 0 Å². The van der Waals surface area contributed by atoms with Crippen molar-refractivity contribution in [1.29, 1.82) is 0 Å². The smallest absolute Gasteiger partial charge is 0.241 e. The van der Waals surface area contributed by atoms with E-state index >= 15 is 0 Å². The molecule has 5 nitrogen and oxygen atoms in total. The van der Waals surface area contributed by atoms with Crippen LogP contribution in [0.15, 0.2) is 47.4 Å². The largest absolute Gasteiger partial charge is 0.493 e. The molecule has 2 aliphatic rings. The lowest BCUT2D eigenvalue weighted by Crippen LogP contribution is -2.41. The first kappa shape index (κ1) is 17.5. The quantitative estimate of drug-likeness (QED) is 0.845. The molecule has 2 N–H and O–H groups in total. The Labute approximate surface area is 154 Å². The van der Waals surface area contributed by atoms with Gasteiger partial charge in [-0.2, -0.15) is 0 Å². The van der Waals surface area contributed by atoms with E-state index in [-0.39, 0.29) is 23.0 Å². The van der Waals surface area contributed by atoms with Crippen molar-refractivity contribution < 1.29 is 18.3 Å². The second-order valence-corrected chi connectivity index (χ2v) is 8.98.